The summed E-state index contributed by atoms with van der Waals surface area (Å²) in [5.41, 5.74) is 7.38. The normalized spacial score (nSPS) is 16.4. The largest absolute Gasteiger partial charge is 0.351 e. The topological polar surface area (TPSA) is 70.2 Å². The van der Waals surface area contributed by atoms with Crippen LogP contribution in [0.3, 0.4) is 0 Å². The van der Waals surface area contributed by atoms with E-state index in [1.165, 1.54) is 11.1 Å². The summed E-state index contributed by atoms with van der Waals surface area (Å²) in [6.45, 7) is 5.06. The lowest BCUT2D eigenvalue weighted by molar-refractivity contribution is -0.116. The van der Waals surface area contributed by atoms with Gasteiger partial charge in [-0.15, -0.1) is 0 Å². The summed E-state index contributed by atoms with van der Waals surface area (Å²) in [6.07, 6.45) is 3.42. The molecule has 0 bridgehead atoms. The van der Waals surface area contributed by atoms with Crippen LogP contribution in [0.2, 0.25) is 5.02 Å². The molecule has 188 valence electrons. The van der Waals surface area contributed by atoms with Gasteiger partial charge in [0.2, 0.25) is 11.9 Å². The molecular weight excluding hydrogens is 482 g/mol. The Balaban J connectivity index is 1.16. The highest BCUT2D eigenvalue weighted by Crippen LogP contribution is 2.35. The van der Waals surface area contributed by atoms with E-state index in [9.17, 15) is 4.79 Å². The molecule has 6 rings (SSSR count). The number of hydrogen-bond donors (Lipinski definition) is 2. The maximum absolute atomic E-state index is 12.0. The van der Waals surface area contributed by atoms with Gasteiger partial charge in [0.1, 0.15) is 0 Å². The summed E-state index contributed by atoms with van der Waals surface area (Å²) < 4.78 is 0. The van der Waals surface area contributed by atoms with Crippen molar-refractivity contribution >= 4 is 40.0 Å². The molecular formula is C30H30ClN5O. The molecule has 1 fully saturated rings. The van der Waals surface area contributed by atoms with Crippen molar-refractivity contribution in [1.29, 1.82) is 0 Å². The molecule has 0 aliphatic carbocycles. The number of nitrogens with zero attached hydrogens (tertiary/aromatic N) is 3. The van der Waals surface area contributed by atoms with E-state index >= 15 is 0 Å². The standard InChI is InChI=1S/C30H30ClN5O/c1-19-26-17-22(25-4-2-3-21-8-12-28(37)35-29(21)25)7-11-27(26)34-30(32-19)33-24-13-15-36(16-14-24)18-20-5-9-23(31)10-6-20/h2-7,9-11,17,24H,8,12-16,18H2,1H3,(H,35,37)(H,32,33,34). The van der Waals surface area contributed by atoms with Crippen LogP contribution in [0.1, 0.15) is 36.1 Å². The minimum atomic E-state index is 0.0757. The first-order valence-electron chi connectivity index (χ1n) is 13.0. The van der Waals surface area contributed by atoms with E-state index in [0.29, 0.717) is 18.4 Å². The maximum atomic E-state index is 12.0. The van der Waals surface area contributed by atoms with Crippen LogP contribution < -0.4 is 10.6 Å². The molecule has 2 aliphatic rings. The number of benzene rings is 3. The molecule has 0 saturated carbocycles. The molecule has 0 spiro atoms. The Morgan fingerprint density at radius 3 is 2.65 bits per heavy atom. The number of carbonyl (C=O) groups is 1. The molecule has 2 N–H and O–H groups in total. The summed E-state index contributed by atoms with van der Waals surface area (Å²) in [5.74, 6) is 0.769. The third-order valence-electron chi connectivity index (χ3n) is 7.47. The number of aryl methyl sites for hydroxylation is 2. The fraction of sp³-hybridized carbons (Fsp3) is 0.300. The number of rotatable bonds is 5. The Morgan fingerprint density at radius 2 is 1.84 bits per heavy atom. The lowest BCUT2D eigenvalue weighted by atomic mass is 9.94. The van der Waals surface area contributed by atoms with Crippen molar-refractivity contribution in [3.8, 4) is 11.1 Å². The SMILES string of the molecule is Cc1nc(NC2CCN(Cc3ccc(Cl)cc3)CC2)nc2ccc(-c3cccc4c3NC(=O)CC4)cc12. The zero-order chi connectivity index (χ0) is 25.4. The third-order valence-corrected chi connectivity index (χ3v) is 7.73. The zero-order valence-electron chi connectivity index (χ0n) is 20.9. The molecule has 4 aromatic rings. The van der Waals surface area contributed by atoms with Crippen LogP contribution >= 0.6 is 11.6 Å². The highest BCUT2D eigenvalue weighted by Gasteiger charge is 2.21. The number of amides is 1. The van der Waals surface area contributed by atoms with Crippen molar-refractivity contribution in [2.24, 2.45) is 0 Å². The van der Waals surface area contributed by atoms with Crippen LogP contribution in [0.4, 0.5) is 11.6 Å². The highest BCUT2D eigenvalue weighted by atomic mass is 35.5. The summed E-state index contributed by atoms with van der Waals surface area (Å²) in [4.78, 5) is 24.2. The lowest BCUT2D eigenvalue weighted by Crippen LogP contribution is -2.39. The molecule has 3 heterocycles. The Morgan fingerprint density at radius 1 is 1.03 bits per heavy atom. The predicted molar refractivity (Wildman–Crippen MR) is 150 cm³/mol. The van der Waals surface area contributed by atoms with E-state index in [-0.39, 0.29) is 5.91 Å². The van der Waals surface area contributed by atoms with Gasteiger partial charge in [-0.3, -0.25) is 9.69 Å². The number of aromatic nitrogens is 2. The van der Waals surface area contributed by atoms with Crippen LogP contribution in [-0.4, -0.2) is 39.9 Å². The first-order valence-corrected chi connectivity index (χ1v) is 13.3. The van der Waals surface area contributed by atoms with E-state index in [0.717, 1.165) is 77.3 Å². The molecule has 3 aromatic carbocycles. The number of likely N-dealkylation sites (tertiary alicyclic amines) is 1. The molecule has 2 aliphatic heterocycles. The van der Waals surface area contributed by atoms with Gasteiger partial charge in [-0.1, -0.05) is 48.0 Å². The molecule has 0 radical (unpaired) electrons. The second-order valence-corrected chi connectivity index (χ2v) is 10.5. The van der Waals surface area contributed by atoms with Gasteiger partial charge in [0.15, 0.2) is 0 Å². The van der Waals surface area contributed by atoms with Crippen molar-refractivity contribution in [2.75, 3.05) is 23.7 Å². The van der Waals surface area contributed by atoms with Crippen LogP contribution in [-0.2, 0) is 17.8 Å². The van der Waals surface area contributed by atoms with Crippen molar-refractivity contribution in [2.45, 2.75) is 45.2 Å². The smallest absolute Gasteiger partial charge is 0.224 e. The monoisotopic (exact) mass is 511 g/mol. The summed E-state index contributed by atoms with van der Waals surface area (Å²) in [6, 6.07) is 21.0. The molecule has 37 heavy (non-hydrogen) atoms. The van der Waals surface area contributed by atoms with Gasteiger partial charge in [-0.05, 0) is 67.1 Å². The van der Waals surface area contributed by atoms with E-state index in [2.05, 4.69) is 64.1 Å². The van der Waals surface area contributed by atoms with Crippen molar-refractivity contribution < 1.29 is 4.79 Å². The quantitative estimate of drug-likeness (QED) is 0.333. The molecule has 1 aromatic heterocycles. The lowest BCUT2D eigenvalue weighted by Gasteiger charge is -2.32. The first kappa shape index (κ1) is 23.9. The fourth-order valence-electron chi connectivity index (χ4n) is 5.43. The Bertz CT molecular complexity index is 1460. The number of fused-ring (bicyclic) bond motifs is 2. The van der Waals surface area contributed by atoms with Gasteiger partial charge >= 0.3 is 0 Å². The number of para-hydroxylation sites is 1. The number of halogens is 1. The Kier molecular flexibility index (Phi) is 6.53. The minimum Gasteiger partial charge on any atom is -0.351 e. The number of carbonyl (C=O) groups excluding carboxylic acids is 1. The van der Waals surface area contributed by atoms with E-state index in [1.807, 2.05) is 19.1 Å². The van der Waals surface area contributed by atoms with E-state index < -0.39 is 0 Å². The third kappa shape index (κ3) is 5.17. The second-order valence-electron chi connectivity index (χ2n) is 10.1. The van der Waals surface area contributed by atoms with Gasteiger partial charge in [0.05, 0.1) is 16.9 Å². The van der Waals surface area contributed by atoms with Crippen molar-refractivity contribution in [1.82, 2.24) is 14.9 Å². The fourth-order valence-corrected chi connectivity index (χ4v) is 5.55. The van der Waals surface area contributed by atoms with Gasteiger partial charge < -0.3 is 10.6 Å². The molecule has 0 atom stereocenters. The number of piperidine rings is 1. The summed E-state index contributed by atoms with van der Waals surface area (Å²) in [5, 5.41) is 8.47. The molecule has 6 nitrogen and oxygen atoms in total. The minimum absolute atomic E-state index is 0.0757. The first-order chi connectivity index (χ1) is 18.0. The summed E-state index contributed by atoms with van der Waals surface area (Å²) in [7, 11) is 0. The van der Waals surface area contributed by atoms with Crippen LogP contribution in [0.5, 0.6) is 0 Å². The molecule has 7 heteroatoms. The van der Waals surface area contributed by atoms with Gasteiger partial charge in [0, 0.05) is 48.1 Å². The van der Waals surface area contributed by atoms with Crippen molar-refractivity contribution in [3.63, 3.8) is 0 Å². The van der Waals surface area contributed by atoms with E-state index in [1.54, 1.807) is 0 Å². The van der Waals surface area contributed by atoms with Gasteiger partial charge in [-0.25, -0.2) is 9.97 Å². The Labute approximate surface area is 222 Å². The average molecular weight is 512 g/mol. The van der Waals surface area contributed by atoms with Crippen LogP contribution in [0.25, 0.3) is 22.0 Å². The second kappa shape index (κ2) is 10.1. The number of hydrogen-bond acceptors (Lipinski definition) is 5. The molecule has 1 amide bonds. The number of anilines is 2. The Hall–Kier alpha value is -3.48. The maximum Gasteiger partial charge on any atom is 0.224 e. The summed E-state index contributed by atoms with van der Waals surface area (Å²) >= 11 is 6.02. The van der Waals surface area contributed by atoms with E-state index in [4.69, 9.17) is 21.6 Å². The zero-order valence-corrected chi connectivity index (χ0v) is 21.7. The predicted octanol–water partition coefficient (Wildman–Crippen LogP) is 6.22. The van der Waals surface area contributed by atoms with Gasteiger partial charge in [0.25, 0.3) is 0 Å². The van der Waals surface area contributed by atoms with Crippen LogP contribution in [0, 0.1) is 6.92 Å². The number of nitrogens with one attached hydrogen (secondary N) is 2. The average Bonchev–Trinajstić information content (AvgIpc) is 2.91. The molecule has 1 saturated heterocycles. The van der Waals surface area contributed by atoms with Gasteiger partial charge in [-0.2, -0.15) is 0 Å². The highest BCUT2D eigenvalue weighted by molar-refractivity contribution is 6.30. The molecule has 0 unspecified atom stereocenters. The van der Waals surface area contributed by atoms with Crippen molar-refractivity contribution in [3.05, 3.63) is 82.5 Å². The van der Waals surface area contributed by atoms with Crippen LogP contribution in [0.15, 0.2) is 60.7 Å².